The van der Waals surface area contributed by atoms with Crippen LogP contribution in [0.5, 0.6) is 0 Å². The lowest BCUT2D eigenvalue weighted by atomic mass is 10.1. The molecule has 0 bridgehead atoms. The van der Waals surface area contributed by atoms with E-state index in [1.165, 1.54) is 10.9 Å². The molecule has 0 saturated carbocycles. The number of para-hydroxylation sites is 1. The minimum absolute atomic E-state index is 0.175. The molecule has 0 aliphatic heterocycles. The first-order valence-corrected chi connectivity index (χ1v) is 9.05. The van der Waals surface area contributed by atoms with Crippen LogP contribution in [0.25, 0.3) is 16.6 Å². The van der Waals surface area contributed by atoms with Crippen LogP contribution >= 0.6 is 15.9 Å². The number of anilines is 1. The molecule has 0 unspecified atom stereocenters. The Morgan fingerprint density at radius 3 is 2.56 bits per heavy atom. The summed E-state index contributed by atoms with van der Waals surface area (Å²) in [5, 5.41) is 3.38. The van der Waals surface area contributed by atoms with Crippen molar-refractivity contribution in [1.29, 1.82) is 0 Å². The number of amides is 1. The van der Waals surface area contributed by atoms with Crippen LogP contribution in [0.4, 0.5) is 5.69 Å². The van der Waals surface area contributed by atoms with Crippen LogP contribution in [0.2, 0.25) is 0 Å². The molecule has 1 heterocycles. The molecule has 1 amide bonds. The topological polar surface area (TPSA) is 64.0 Å². The van der Waals surface area contributed by atoms with Crippen molar-refractivity contribution in [2.24, 2.45) is 0 Å². The Hall–Kier alpha value is -3.25. The maximum atomic E-state index is 12.8. The largest absolute Gasteiger partial charge is 0.322 e. The fraction of sp³-hybridized carbons (Fsp3) is 0. The van der Waals surface area contributed by atoms with Crippen molar-refractivity contribution in [3.05, 3.63) is 99.5 Å². The minimum atomic E-state index is -0.249. The number of nitrogens with one attached hydrogen (secondary N) is 1. The first-order chi connectivity index (χ1) is 13.1. The smallest absolute Gasteiger partial charge is 0.265 e. The van der Waals surface area contributed by atoms with Crippen molar-refractivity contribution in [1.82, 2.24) is 9.55 Å². The summed E-state index contributed by atoms with van der Waals surface area (Å²) < 4.78 is 2.38. The van der Waals surface area contributed by atoms with Crippen molar-refractivity contribution in [2.45, 2.75) is 0 Å². The molecule has 0 spiro atoms. The maximum absolute atomic E-state index is 12.8. The Bertz CT molecular complexity index is 1200. The standard InChI is InChI=1S/C21H14BrN3O2/c22-15-8-10-16(11-9-15)24-20(26)14-4-3-5-17(12-14)25-13-23-19-7-2-1-6-18(19)21(25)27/h1-13H,(H,24,26). The lowest BCUT2D eigenvalue weighted by Crippen LogP contribution is -2.19. The summed E-state index contributed by atoms with van der Waals surface area (Å²) >= 11 is 3.36. The summed E-state index contributed by atoms with van der Waals surface area (Å²) in [6.45, 7) is 0. The summed E-state index contributed by atoms with van der Waals surface area (Å²) in [6.07, 6.45) is 1.48. The first-order valence-electron chi connectivity index (χ1n) is 8.25. The summed E-state index contributed by atoms with van der Waals surface area (Å²) in [5.74, 6) is -0.249. The molecule has 0 radical (unpaired) electrons. The Balaban J connectivity index is 1.68. The second-order valence-corrected chi connectivity index (χ2v) is 6.86. The summed E-state index contributed by atoms with van der Waals surface area (Å²) in [5.41, 5.74) is 2.20. The number of fused-ring (bicyclic) bond motifs is 1. The van der Waals surface area contributed by atoms with Crippen molar-refractivity contribution in [2.75, 3.05) is 5.32 Å². The molecule has 4 rings (SSSR count). The van der Waals surface area contributed by atoms with E-state index in [0.717, 1.165) is 4.47 Å². The highest BCUT2D eigenvalue weighted by atomic mass is 79.9. The monoisotopic (exact) mass is 419 g/mol. The van der Waals surface area contributed by atoms with E-state index in [2.05, 4.69) is 26.2 Å². The van der Waals surface area contributed by atoms with Gasteiger partial charge < -0.3 is 5.32 Å². The number of rotatable bonds is 3. The maximum Gasteiger partial charge on any atom is 0.265 e. The summed E-state index contributed by atoms with van der Waals surface area (Å²) in [7, 11) is 0. The molecule has 0 aliphatic rings. The van der Waals surface area contributed by atoms with Crippen molar-refractivity contribution in [3.8, 4) is 5.69 Å². The number of nitrogens with zero attached hydrogens (tertiary/aromatic N) is 2. The Labute approximate surface area is 163 Å². The number of hydrogen-bond donors (Lipinski definition) is 1. The average Bonchev–Trinajstić information content (AvgIpc) is 2.70. The van der Waals surface area contributed by atoms with Gasteiger partial charge in [-0.15, -0.1) is 0 Å². The van der Waals surface area contributed by atoms with E-state index in [9.17, 15) is 9.59 Å². The molecule has 1 aromatic heterocycles. The molecular weight excluding hydrogens is 406 g/mol. The molecule has 27 heavy (non-hydrogen) atoms. The number of aromatic nitrogens is 2. The first kappa shape index (κ1) is 17.2. The van der Waals surface area contributed by atoms with Crippen LogP contribution in [0.1, 0.15) is 10.4 Å². The molecular formula is C21H14BrN3O2. The van der Waals surface area contributed by atoms with Crippen molar-refractivity contribution < 1.29 is 4.79 Å². The molecule has 0 aliphatic carbocycles. The Kier molecular flexibility index (Phi) is 4.56. The molecule has 3 aromatic carbocycles. The average molecular weight is 420 g/mol. The highest BCUT2D eigenvalue weighted by Gasteiger charge is 2.10. The normalized spacial score (nSPS) is 10.7. The van der Waals surface area contributed by atoms with E-state index in [1.807, 2.05) is 30.3 Å². The molecule has 6 heteroatoms. The van der Waals surface area contributed by atoms with Crippen LogP contribution in [-0.4, -0.2) is 15.5 Å². The quantitative estimate of drug-likeness (QED) is 0.535. The van der Waals surface area contributed by atoms with E-state index >= 15 is 0 Å². The van der Waals surface area contributed by atoms with Gasteiger partial charge in [-0.25, -0.2) is 4.98 Å². The molecule has 5 nitrogen and oxygen atoms in total. The zero-order valence-electron chi connectivity index (χ0n) is 14.1. The second kappa shape index (κ2) is 7.17. The third-order valence-corrected chi connectivity index (χ3v) is 4.68. The number of carbonyl (C=O) groups is 1. The van der Waals surface area contributed by atoms with Gasteiger partial charge in [0.25, 0.3) is 11.5 Å². The van der Waals surface area contributed by atoms with E-state index in [4.69, 9.17) is 0 Å². The fourth-order valence-electron chi connectivity index (χ4n) is 2.79. The van der Waals surface area contributed by atoms with Crippen LogP contribution in [0, 0.1) is 0 Å². The van der Waals surface area contributed by atoms with Gasteiger partial charge >= 0.3 is 0 Å². The summed E-state index contributed by atoms with van der Waals surface area (Å²) in [4.78, 5) is 29.6. The van der Waals surface area contributed by atoms with Crippen LogP contribution in [0.3, 0.4) is 0 Å². The molecule has 0 fully saturated rings. The second-order valence-electron chi connectivity index (χ2n) is 5.95. The lowest BCUT2D eigenvalue weighted by Gasteiger charge is -2.09. The van der Waals surface area contributed by atoms with Gasteiger partial charge in [-0.3, -0.25) is 14.2 Å². The van der Waals surface area contributed by atoms with Gasteiger partial charge in [0.05, 0.1) is 16.6 Å². The Morgan fingerprint density at radius 2 is 1.74 bits per heavy atom. The van der Waals surface area contributed by atoms with Gasteiger partial charge in [0.2, 0.25) is 0 Å². The van der Waals surface area contributed by atoms with E-state index in [1.54, 1.807) is 42.5 Å². The van der Waals surface area contributed by atoms with Gasteiger partial charge in [-0.1, -0.05) is 34.1 Å². The van der Waals surface area contributed by atoms with Gasteiger partial charge in [-0.2, -0.15) is 0 Å². The van der Waals surface area contributed by atoms with E-state index < -0.39 is 0 Å². The molecule has 4 aromatic rings. The number of hydrogen-bond acceptors (Lipinski definition) is 3. The van der Waals surface area contributed by atoms with Crippen LogP contribution in [-0.2, 0) is 0 Å². The van der Waals surface area contributed by atoms with E-state index in [0.29, 0.717) is 27.8 Å². The van der Waals surface area contributed by atoms with Crippen molar-refractivity contribution in [3.63, 3.8) is 0 Å². The highest BCUT2D eigenvalue weighted by Crippen LogP contribution is 2.16. The third kappa shape index (κ3) is 3.52. The Morgan fingerprint density at radius 1 is 0.963 bits per heavy atom. The molecule has 0 atom stereocenters. The lowest BCUT2D eigenvalue weighted by molar-refractivity contribution is 0.102. The van der Waals surface area contributed by atoms with E-state index in [-0.39, 0.29) is 11.5 Å². The zero-order valence-corrected chi connectivity index (χ0v) is 15.7. The van der Waals surface area contributed by atoms with Crippen molar-refractivity contribution >= 4 is 38.4 Å². The van der Waals surface area contributed by atoms with Gasteiger partial charge in [0.1, 0.15) is 6.33 Å². The molecule has 0 saturated heterocycles. The summed E-state index contributed by atoms with van der Waals surface area (Å²) in [6, 6.07) is 21.4. The number of carbonyl (C=O) groups excluding carboxylic acids is 1. The minimum Gasteiger partial charge on any atom is -0.322 e. The van der Waals surface area contributed by atoms with Gasteiger partial charge in [0.15, 0.2) is 0 Å². The fourth-order valence-corrected chi connectivity index (χ4v) is 3.05. The molecule has 1 N–H and O–H groups in total. The highest BCUT2D eigenvalue weighted by molar-refractivity contribution is 9.10. The van der Waals surface area contributed by atoms with Crippen LogP contribution in [0.15, 0.2) is 88.4 Å². The predicted octanol–water partition coefficient (Wildman–Crippen LogP) is 4.40. The zero-order chi connectivity index (χ0) is 18.8. The SMILES string of the molecule is O=C(Nc1ccc(Br)cc1)c1cccc(-n2cnc3ccccc3c2=O)c1. The van der Waals surface area contributed by atoms with Gasteiger partial charge in [0, 0.05) is 15.7 Å². The van der Waals surface area contributed by atoms with Gasteiger partial charge in [-0.05, 0) is 54.6 Å². The predicted molar refractivity (Wildman–Crippen MR) is 109 cm³/mol. The van der Waals surface area contributed by atoms with Crippen LogP contribution < -0.4 is 10.9 Å². The number of benzene rings is 3. The number of halogens is 1. The third-order valence-electron chi connectivity index (χ3n) is 4.15. The molecule has 132 valence electrons.